The van der Waals surface area contributed by atoms with Gasteiger partial charge in [0.2, 0.25) is 0 Å². The van der Waals surface area contributed by atoms with Crippen molar-refractivity contribution in [3.8, 4) is 0 Å². The van der Waals surface area contributed by atoms with Crippen LogP contribution in [0.2, 0.25) is 0 Å². The first kappa shape index (κ1) is 11.8. The maximum Gasteiger partial charge on any atom is 0.141 e. The summed E-state index contributed by atoms with van der Waals surface area (Å²) >= 11 is 6.19. The molecule has 1 rings (SSSR count). The second kappa shape index (κ2) is 4.49. The summed E-state index contributed by atoms with van der Waals surface area (Å²) in [7, 11) is 0. The predicted octanol–water partition coefficient (Wildman–Crippen LogP) is 4.09. The van der Waals surface area contributed by atoms with Gasteiger partial charge in [-0.15, -0.1) is 0 Å². The molecule has 0 amide bonds. The van der Waals surface area contributed by atoms with Crippen molar-refractivity contribution in [2.75, 3.05) is 0 Å². The molecule has 0 spiro atoms. The van der Waals surface area contributed by atoms with Gasteiger partial charge in [-0.3, -0.25) is 0 Å². The number of nitrogens with zero attached hydrogens (tertiary/aromatic N) is 1. The first-order valence-electron chi connectivity index (χ1n) is 4.58. The highest BCUT2D eigenvalue weighted by atomic mass is 35.5. The minimum Gasteiger partial charge on any atom is -0.361 e. The fourth-order valence-electron chi connectivity index (χ4n) is 1.29. The molecule has 0 radical (unpaired) electrons. The van der Waals surface area contributed by atoms with E-state index in [4.69, 9.17) is 16.1 Å². The number of rotatable bonds is 3. The van der Waals surface area contributed by atoms with Crippen LogP contribution in [0.3, 0.4) is 0 Å². The van der Waals surface area contributed by atoms with Crippen molar-refractivity contribution >= 4 is 17.2 Å². The standard InChI is InChI=1S/C12H14ClNO/c1-7(2)11(12(13)8(3)4)10-6-14-15-9(10)5/h6H,1,3H2,2,4-5H3/b12-11-. The number of hydrogen-bond donors (Lipinski definition) is 0. The number of halogens is 1. The summed E-state index contributed by atoms with van der Waals surface area (Å²) in [6, 6.07) is 0. The van der Waals surface area contributed by atoms with Crippen molar-refractivity contribution in [3.05, 3.63) is 46.9 Å². The lowest BCUT2D eigenvalue weighted by Crippen LogP contribution is -1.90. The summed E-state index contributed by atoms with van der Waals surface area (Å²) in [5.41, 5.74) is 3.39. The van der Waals surface area contributed by atoms with Crippen LogP contribution in [-0.4, -0.2) is 5.16 Å². The zero-order valence-electron chi connectivity index (χ0n) is 9.22. The zero-order valence-corrected chi connectivity index (χ0v) is 9.98. The van der Waals surface area contributed by atoms with Gasteiger partial charge in [0, 0.05) is 11.1 Å². The van der Waals surface area contributed by atoms with Gasteiger partial charge in [-0.1, -0.05) is 29.9 Å². The molecule has 0 saturated carbocycles. The summed E-state index contributed by atoms with van der Waals surface area (Å²) in [6.45, 7) is 13.3. The molecule has 2 nitrogen and oxygen atoms in total. The van der Waals surface area contributed by atoms with Gasteiger partial charge in [0.1, 0.15) is 5.76 Å². The van der Waals surface area contributed by atoms with E-state index in [0.29, 0.717) is 5.03 Å². The smallest absolute Gasteiger partial charge is 0.141 e. The van der Waals surface area contributed by atoms with Crippen molar-refractivity contribution in [3.63, 3.8) is 0 Å². The van der Waals surface area contributed by atoms with Crippen LogP contribution >= 0.6 is 11.6 Å². The van der Waals surface area contributed by atoms with Gasteiger partial charge >= 0.3 is 0 Å². The Morgan fingerprint density at radius 2 is 1.93 bits per heavy atom. The lowest BCUT2D eigenvalue weighted by molar-refractivity contribution is 0.397. The molecule has 1 aromatic heterocycles. The second-order valence-electron chi connectivity index (χ2n) is 3.55. The summed E-state index contributed by atoms with van der Waals surface area (Å²) in [4.78, 5) is 0. The normalized spacial score (nSPS) is 12.3. The molecule has 3 heteroatoms. The number of allylic oxidation sites excluding steroid dienone is 4. The zero-order chi connectivity index (χ0) is 11.6. The van der Waals surface area contributed by atoms with E-state index in [-0.39, 0.29) is 0 Å². The molecule has 80 valence electrons. The molecule has 0 fully saturated rings. The number of aromatic nitrogens is 1. The van der Waals surface area contributed by atoms with Crippen molar-refractivity contribution in [2.45, 2.75) is 20.8 Å². The van der Waals surface area contributed by atoms with Crippen LogP contribution in [-0.2, 0) is 0 Å². The Balaban J connectivity index is 3.40. The molecule has 0 aliphatic heterocycles. The summed E-state index contributed by atoms with van der Waals surface area (Å²) in [6.07, 6.45) is 1.64. The molecule has 1 aromatic rings. The third kappa shape index (κ3) is 2.39. The van der Waals surface area contributed by atoms with Gasteiger partial charge < -0.3 is 4.52 Å². The molecule has 0 saturated heterocycles. The van der Waals surface area contributed by atoms with E-state index in [9.17, 15) is 0 Å². The SMILES string of the molecule is C=C(C)/C(Cl)=C(\C(=C)C)c1cnoc1C. The summed E-state index contributed by atoms with van der Waals surface area (Å²) < 4.78 is 5.01. The van der Waals surface area contributed by atoms with E-state index >= 15 is 0 Å². The van der Waals surface area contributed by atoms with Crippen molar-refractivity contribution in [1.29, 1.82) is 0 Å². The largest absolute Gasteiger partial charge is 0.361 e. The molecule has 0 atom stereocenters. The molecular weight excluding hydrogens is 210 g/mol. The van der Waals surface area contributed by atoms with Crippen LogP contribution in [0.4, 0.5) is 0 Å². The van der Waals surface area contributed by atoms with Crippen LogP contribution < -0.4 is 0 Å². The van der Waals surface area contributed by atoms with E-state index in [1.54, 1.807) is 6.20 Å². The Labute approximate surface area is 94.9 Å². The number of hydrogen-bond acceptors (Lipinski definition) is 2. The molecule has 1 heterocycles. The molecule has 15 heavy (non-hydrogen) atoms. The molecule has 0 bridgehead atoms. The van der Waals surface area contributed by atoms with Gasteiger partial charge in [0.05, 0.1) is 11.2 Å². The first-order valence-corrected chi connectivity index (χ1v) is 4.96. The lowest BCUT2D eigenvalue weighted by atomic mass is 9.99. The van der Waals surface area contributed by atoms with Crippen LogP contribution in [0.5, 0.6) is 0 Å². The summed E-state index contributed by atoms with van der Waals surface area (Å²) in [5, 5.41) is 4.33. The first-order chi connectivity index (χ1) is 6.95. The minimum atomic E-state index is 0.605. The highest BCUT2D eigenvalue weighted by molar-refractivity contribution is 6.35. The van der Waals surface area contributed by atoms with Gasteiger partial charge in [-0.25, -0.2) is 0 Å². The average Bonchev–Trinajstić information content (AvgIpc) is 2.52. The maximum atomic E-state index is 6.19. The van der Waals surface area contributed by atoms with E-state index in [0.717, 1.165) is 28.0 Å². The Hall–Kier alpha value is -1.28. The monoisotopic (exact) mass is 223 g/mol. The topological polar surface area (TPSA) is 26.0 Å². The van der Waals surface area contributed by atoms with Crippen molar-refractivity contribution in [2.24, 2.45) is 0 Å². The van der Waals surface area contributed by atoms with E-state index in [1.165, 1.54) is 0 Å². The Morgan fingerprint density at radius 1 is 1.33 bits per heavy atom. The lowest BCUT2D eigenvalue weighted by Gasteiger charge is -2.09. The Bertz CT molecular complexity index is 440. The van der Waals surface area contributed by atoms with Crippen LogP contribution in [0.15, 0.2) is 40.1 Å². The predicted molar refractivity (Wildman–Crippen MR) is 63.6 cm³/mol. The molecule has 0 aliphatic carbocycles. The fraction of sp³-hybridized carbons (Fsp3) is 0.250. The molecule has 0 N–H and O–H groups in total. The molecule has 0 aliphatic rings. The second-order valence-corrected chi connectivity index (χ2v) is 3.92. The minimum absolute atomic E-state index is 0.605. The molecular formula is C12H14ClNO. The van der Waals surface area contributed by atoms with Gasteiger partial charge in [0.15, 0.2) is 0 Å². The fourth-order valence-corrected chi connectivity index (χ4v) is 1.55. The highest BCUT2D eigenvalue weighted by Gasteiger charge is 2.14. The van der Waals surface area contributed by atoms with Crippen molar-refractivity contribution in [1.82, 2.24) is 5.16 Å². The highest BCUT2D eigenvalue weighted by Crippen LogP contribution is 2.32. The van der Waals surface area contributed by atoms with Gasteiger partial charge in [-0.05, 0) is 31.9 Å². The summed E-state index contributed by atoms with van der Waals surface area (Å²) in [5.74, 6) is 0.729. The quantitative estimate of drug-likeness (QED) is 0.722. The van der Waals surface area contributed by atoms with Gasteiger partial charge in [0.25, 0.3) is 0 Å². The molecule has 0 aromatic carbocycles. The molecule has 0 unspecified atom stereocenters. The Morgan fingerprint density at radius 3 is 2.27 bits per heavy atom. The van der Waals surface area contributed by atoms with E-state index in [1.807, 2.05) is 20.8 Å². The number of aryl methyl sites for hydroxylation is 1. The van der Waals surface area contributed by atoms with E-state index in [2.05, 4.69) is 18.3 Å². The van der Waals surface area contributed by atoms with Crippen LogP contribution in [0, 0.1) is 6.92 Å². The van der Waals surface area contributed by atoms with Crippen LogP contribution in [0.25, 0.3) is 5.57 Å². The Kier molecular flexibility index (Phi) is 3.53. The maximum absolute atomic E-state index is 6.19. The van der Waals surface area contributed by atoms with Crippen molar-refractivity contribution < 1.29 is 4.52 Å². The van der Waals surface area contributed by atoms with E-state index < -0.39 is 0 Å². The van der Waals surface area contributed by atoms with Gasteiger partial charge in [-0.2, -0.15) is 0 Å². The third-order valence-corrected chi connectivity index (χ3v) is 2.55. The average molecular weight is 224 g/mol. The van der Waals surface area contributed by atoms with Crippen LogP contribution in [0.1, 0.15) is 25.2 Å². The third-order valence-electron chi connectivity index (χ3n) is 2.04.